The number of amides is 1. The van der Waals surface area contributed by atoms with Crippen molar-refractivity contribution < 1.29 is 24.2 Å². The maximum absolute atomic E-state index is 11.9. The van der Waals surface area contributed by atoms with Gasteiger partial charge in [0.15, 0.2) is 0 Å². The van der Waals surface area contributed by atoms with Gasteiger partial charge in [0.05, 0.1) is 13.2 Å². The van der Waals surface area contributed by atoms with Gasteiger partial charge in [-0.1, -0.05) is 6.42 Å². The Morgan fingerprint density at radius 1 is 1.42 bits per heavy atom. The van der Waals surface area contributed by atoms with E-state index in [0.29, 0.717) is 6.42 Å². The largest absolute Gasteiger partial charge is 0.480 e. The summed E-state index contributed by atoms with van der Waals surface area (Å²) in [6.07, 6.45) is 2.67. The van der Waals surface area contributed by atoms with Crippen LogP contribution in [0.15, 0.2) is 0 Å². The number of hydrogen-bond acceptors (Lipinski definition) is 5. The van der Waals surface area contributed by atoms with Gasteiger partial charge in [-0.2, -0.15) is 0 Å². The molecule has 1 fully saturated rings. The van der Waals surface area contributed by atoms with Crippen molar-refractivity contribution in [2.24, 2.45) is 0 Å². The van der Waals surface area contributed by atoms with Crippen LogP contribution in [-0.2, 0) is 19.1 Å². The van der Waals surface area contributed by atoms with Crippen LogP contribution >= 0.6 is 0 Å². The Hall–Kier alpha value is -1.63. The molecule has 0 radical (unpaired) electrons. The first kappa shape index (κ1) is 15.4. The Labute approximate surface area is 111 Å². The van der Waals surface area contributed by atoms with E-state index in [1.807, 2.05) is 0 Å². The average molecular weight is 272 g/mol. The molecule has 1 heterocycles. The van der Waals surface area contributed by atoms with Gasteiger partial charge in [-0.3, -0.25) is 9.59 Å². The summed E-state index contributed by atoms with van der Waals surface area (Å²) in [6, 6.07) is -1.40. The summed E-state index contributed by atoms with van der Waals surface area (Å²) in [5, 5.41) is 14.5. The van der Waals surface area contributed by atoms with Gasteiger partial charge < -0.3 is 20.5 Å². The van der Waals surface area contributed by atoms with Crippen molar-refractivity contribution in [1.29, 1.82) is 0 Å². The SMILES string of the molecule is COC(=O)CC[C@H](NC(=O)C1CCCCN1)C(=O)O. The van der Waals surface area contributed by atoms with E-state index in [1.54, 1.807) is 0 Å². The van der Waals surface area contributed by atoms with Crippen LogP contribution in [0.25, 0.3) is 0 Å². The summed E-state index contributed by atoms with van der Waals surface area (Å²) in [4.78, 5) is 33.9. The molecular formula is C12H20N2O5. The first-order valence-electron chi connectivity index (χ1n) is 6.38. The summed E-state index contributed by atoms with van der Waals surface area (Å²) in [7, 11) is 1.24. The van der Waals surface area contributed by atoms with Gasteiger partial charge in [-0.05, 0) is 25.8 Å². The quantitative estimate of drug-likeness (QED) is 0.571. The second-order valence-corrected chi connectivity index (χ2v) is 4.52. The fraction of sp³-hybridized carbons (Fsp3) is 0.750. The maximum atomic E-state index is 11.9. The molecule has 0 spiro atoms. The lowest BCUT2D eigenvalue weighted by atomic mass is 10.0. The highest BCUT2D eigenvalue weighted by Gasteiger charge is 2.26. The number of carboxylic acids is 1. The molecular weight excluding hydrogens is 252 g/mol. The maximum Gasteiger partial charge on any atom is 0.326 e. The van der Waals surface area contributed by atoms with Crippen molar-refractivity contribution in [3.05, 3.63) is 0 Å². The van der Waals surface area contributed by atoms with E-state index >= 15 is 0 Å². The second kappa shape index (κ2) is 7.73. The standard InChI is InChI=1S/C12H20N2O5/c1-19-10(15)6-5-9(12(17)18)14-11(16)8-4-2-3-7-13-8/h8-9,13H,2-7H2,1H3,(H,14,16)(H,17,18)/t8?,9-/m0/s1. The Balaban J connectivity index is 2.45. The van der Waals surface area contributed by atoms with Gasteiger partial charge >= 0.3 is 11.9 Å². The third-order valence-electron chi connectivity index (χ3n) is 3.11. The van der Waals surface area contributed by atoms with Crippen molar-refractivity contribution >= 4 is 17.8 Å². The van der Waals surface area contributed by atoms with Gasteiger partial charge in [0.1, 0.15) is 6.04 Å². The third-order valence-corrected chi connectivity index (χ3v) is 3.11. The van der Waals surface area contributed by atoms with Crippen LogP contribution in [-0.4, -0.2) is 48.7 Å². The number of carbonyl (C=O) groups excluding carboxylic acids is 2. The van der Waals surface area contributed by atoms with E-state index in [-0.39, 0.29) is 24.8 Å². The lowest BCUT2D eigenvalue weighted by Crippen LogP contribution is -2.51. The van der Waals surface area contributed by atoms with E-state index in [4.69, 9.17) is 5.11 Å². The average Bonchev–Trinajstić information content (AvgIpc) is 2.43. The third kappa shape index (κ3) is 5.25. The lowest BCUT2D eigenvalue weighted by Gasteiger charge is -2.24. The molecule has 1 aliphatic rings. The molecule has 1 saturated heterocycles. The smallest absolute Gasteiger partial charge is 0.326 e. The monoisotopic (exact) mass is 272 g/mol. The molecule has 0 aliphatic carbocycles. The number of ether oxygens (including phenoxy) is 1. The first-order valence-corrected chi connectivity index (χ1v) is 6.38. The molecule has 7 heteroatoms. The molecule has 1 amide bonds. The van der Waals surface area contributed by atoms with Crippen molar-refractivity contribution in [1.82, 2.24) is 10.6 Å². The zero-order valence-electron chi connectivity index (χ0n) is 11.0. The minimum Gasteiger partial charge on any atom is -0.480 e. The van der Waals surface area contributed by atoms with Gasteiger partial charge in [-0.15, -0.1) is 0 Å². The molecule has 108 valence electrons. The molecule has 1 aliphatic heterocycles. The predicted octanol–water partition coefficient (Wildman–Crippen LogP) is -0.349. The summed E-state index contributed by atoms with van der Waals surface area (Å²) in [6.45, 7) is 0.762. The number of aliphatic carboxylic acids is 1. The summed E-state index contributed by atoms with van der Waals surface area (Å²) in [5.74, 6) is -1.96. The molecule has 0 aromatic heterocycles. The van der Waals surface area contributed by atoms with Crippen LogP contribution in [0.3, 0.4) is 0 Å². The summed E-state index contributed by atoms with van der Waals surface area (Å²) in [5.41, 5.74) is 0. The number of esters is 1. The number of nitrogens with one attached hydrogen (secondary N) is 2. The number of piperidine rings is 1. The zero-order valence-corrected chi connectivity index (χ0v) is 11.0. The van der Waals surface area contributed by atoms with Crippen LogP contribution in [0.2, 0.25) is 0 Å². The Bertz CT molecular complexity index is 339. The fourth-order valence-electron chi connectivity index (χ4n) is 1.97. The van der Waals surface area contributed by atoms with Crippen molar-refractivity contribution in [3.63, 3.8) is 0 Å². The molecule has 1 rings (SSSR count). The molecule has 0 saturated carbocycles. The summed E-state index contributed by atoms with van der Waals surface area (Å²) < 4.78 is 4.44. The topological polar surface area (TPSA) is 105 Å². The van der Waals surface area contributed by atoms with Crippen LogP contribution in [0.4, 0.5) is 0 Å². The Morgan fingerprint density at radius 3 is 2.68 bits per heavy atom. The lowest BCUT2D eigenvalue weighted by molar-refractivity contribution is -0.144. The number of carboxylic acid groups (broad SMARTS) is 1. The molecule has 7 nitrogen and oxygen atoms in total. The summed E-state index contributed by atoms with van der Waals surface area (Å²) >= 11 is 0. The molecule has 3 N–H and O–H groups in total. The van der Waals surface area contributed by atoms with Gasteiger partial charge in [0, 0.05) is 6.42 Å². The Kier molecular flexibility index (Phi) is 6.27. The van der Waals surface area contributed by atoms with E-state index in [9.17, 15) is 14.4 Å². The van der Waals surface area contributed by atoms with E-state index in [2.05, 4.69) is 15.4 Å². The minimum absolute atomic E-state index is 0.0282. The van der Waals surface area contributed by atoms with E-state index < -0.39 is 18.0 Å². The van der Waals surface area contributed by atoms with E-state index in [0.717, 1.165) is 19.4 Å². The van der Waals surface area contributed by atoms with Gasteiger partial charge in [-0.25, -0.2) is 4.79 Å². The highest BCUT2D eigenvalue weighted by molar-refractivity contribution is 5.87. The van der Waals surface area contributed by atoms with Crippen molar-refractivity contribution in [3.8, 4) is 0 Å². The normalized spacial score (nSPS) is 20.4. The minimum atomic E-state index is -1.15. The van der Waals surface area contributed by atoms with Crippen LogP contribution < -0.4 is 10.6 Å². The predicted molar refractivity (Wildman–Crippen MR) is 66.5 cm³/mol. The van der Waals surface area contributed by atoms with Crippen molar-refractivity contribution in [2.45, 2.75) is 44.2 Å². The van der Waals surface area contributed by atoms with Crippen LogP contribution in [0, 0.1) is 0 Å². The zero-order chi connectivity index (χ0) is 14.3. The molecule has 2 atom stereocenters. The highest BCUT2D eigenvalue weighted by Crippen LogP contribution is 2.08. The van der Waals surface area contributed by atoms with Crippen molar-refractivity contribution in [2.75, 3.05) is 13.7 Å². The number of hydrogen-bond donors (Lipinski definition) is 3. The number of methoxy groups -OCH3 is 1. The van der Waals surface area contributed by atoms with Crippen LogP contribution in [0.5, 0.6) is 0 Å². The number of rotatable bonds is 6. The van der Waals surface area contributed by atoms with Gasteiger partial charge in [0.25, 0.3) is 0 Å². The van der Waals surface area contributed by atoms with Crippen LogP contribution in [0.1, 0.15) is 32.1 Å². The van der Waals surface area contributed by atoms with E-state index in [1.165, 1.54) is 7.11 Å². The first-order chi connectivity index (χ1) is 9.04. The molecule has 0 bridgehead atoms. The molecule has 0 aromatic carbocycles. The number of carbonyl (C=O) groups is 3. The second-order valence-electron chi connectivity index (χ2n) is 4.52. The van der Waals surface area contributed by atoms with Gasteiger partial charge in [0.2, 0.25) is 5.91 Å². The highest BCUT2D eigenvalue weighted by atomic mass is 16.5. The Morgan fingerprint density at radius 2 is 2.16 bits per heavy atom. The molecule has 1 unspecified atom stereocenters. The molecule has 0 aromatic rings. The fourth-order valence-corrected chi connectivity index (χ4v) is 1.97. The molecule has 19 heavy (non-hydrogen) atoms.